The highest BCUT2D eigenvalue weighted by atomic mass is 79.9. The van der Waals surface area contributed by atoms with Crippen LogP contribution in [0.25, 0.3) is 0 Å². The molecule has 2 aromatic carbocycles. The Hall–Kier alpha value is -1.65. The lowest BCUT2D eigenvalue weighted by atomic mass is 10.1. The van der Waals surface area contributed by atoms with Crippen molar-refractivity contribution in [1.29, 1.82) is 0 Å². The monoisotopic (exact) mass is 376 g/mol. The molecule has 22 heavy (non-hydrogen) atoms. The molecule has 0 fully saturated rings. The lowest BCUT2D eigenvalue weighted by Crippen LogP contribution is -2.14. The number of benzene rings is 2. The minimum Gasteiger partial charge on any atom is -0.320 e. The first-order chi connectivity index (χ1) is 10.4. The molecule has 0 spiro atoms. The summed E-state index contributed by atoms with van der Waals surface area (Å²) in [6, 6.07) is 7.84. The molecule has 1 aliphatic heterocycles. The third-order valence-electron chi connectivity index (χ3n) is 3.61. The number of aliphatic imine (C=N–C) groups is 1. The van der Waals surface area contributed by atoms with E-state index < -0.39 is 0 Å². The average molecular weight is 378 g/mol. The van der Waals surface area contributed by atoms with Crippen molar-refractivity contribution in [2.75, 3.05) is 5.32 Å². The number of carbonyl (C=O) groups is 1. The van der Waals surface area contributed by atoms with Crippen LogP contribution in [0.3, 0.4) is 0 Å². The number of hydrogen-bond donors (Lipinski definition) is 1. The molecule has 2 aromatic rings. The summed E-state index contributed by atoms with van der Waals surface area (Å²) < 4.78 is 0.759. The van der Waals surface area contributed by atoms with E-state index in [0.29, 0.717) is 10.7 Å². The van der Waals surface area contributed by atoms with Gasteiger partial charge in [0.15, 0.2) is 0 Å². The highest BCUT2D eigenvalue weighted by Gasteiger charge is 2.29. The summed E-state index contributed by atoms with van der Waals surface area (Å²) >= 11 is 9.65. The van der Waals surface area contributed by atoms with Gasteiger partial charge in [-0.1, -0.05) is 17.7 Å². The summed E-state index contributed by atoms with van der Waals surface area (Å²) in [6.45, 7) is 5.91. The van der Waals surface area contributed by atoms with Crippen LogP contribution < -0.4 is 5.32 Å². The number of fused-ring (bicyclic) bond motifs is 1. The normalized spacial score (nSPS) is 15.1. The molecule has 1 N–H and O–H groups in total. The Morgan fingerprint density at radius 1 is 1.09 bits per heavy atom. The Bertz CT molecular complexity index is 823. The molecule has 5 heteroatoms. The Balaban J connectivity index is 2.18. The summed E-state index contributed by atoms with van der Waals surface area (Å²) in [5.41, 5.74) is 5.78. The Morgan fingerprint density at radius 2 is 1.73 bits per heavy atom. The van der Waals surface area contributed by atoms with Gasteiger partial charge in [0.2, 0.25) is 0 Å². The molecule has 1 aliphatic rings. The Morgan fingerprint density at radius 3 is 2.36 bits per heavy atom. The molecule has 0 aromatic heterocycles. The number of rotatable bonds is 1. The van der Waals surface area contributed by atoms with Crippen molar-refractivity contribution in [3.05, 3.63) is 56.0 Å². The van der Waals surface area contributed by atoms with E-state index in [0.717, 1.165) is 38.1 Å². The number of nitrogens with zero attached hydrogens (tertiary/aromatic N) is 1. The van der Waals surface area contributed by atoms with Crippen molar-refractivity contribution in [2.24, 2.45) is 4.99 Å². The summed E-state index contributed by atoms with van der Waals surface area (Å²) in [5, 5.41) is 3.46. The quantitative estimate of drug-likeness (QED) is 0.738. The fourth-order valence-electron chi connectivity index (χ4n) is 2.65. The largest absolute Gasteiger partial charge is 0.320 e. The van der Waals surface area contributed by atoms with E-state index in [2.05, 4.69) is 32.3 Å². The zero-order chi connectivity index (χ0) is 16.0. The van der Waals surface area contributed by atoms with Gasteiger partial charge in [-0.3, -0.25) is 4.79 Å². The van der Waals surface area contributed by atoms with Gasteiger partial charge in [0.05, 0.1) is 16.4 Å². The van der Waals surface area contributed by atoms with E-state index >= 15 is 0 Å². The molecular formula is C17H14BrClN2O. The number of hydrogen-bond acceptors (Lipinski definition) is 2. The second-order valence-electron chi connectivity index (χ2n) is 5.48. The molecule has 1 amide bonds. The molecule has 0 atom stereocenters. The first-order valence-corrected chi connectivity index (χ1v) is 8.01. The predicted octanol–water partition coefficient (Wildman–Crippen LogP) is 5.10. The van der Waals surface area contributed by atoms with Crippen LogP contribution in [0.15, 0.2) is 33.7 Å². The second kappa shape index (κ2) is 5.52. The maximum absolute atomic E-state index is 12.3. The highest BCUT2D eigenvalue weighted by Crippen LogP contribution is 2.38. The molecule has 112 valence electrons. The lowest BCUT2D eigenvalue weighted by molar-refractivity contribution is -0.110. The minimum absolute atomic E-state index is 0.202. The maximum atomic E-state index is 12.3. The fourth-order valence-corrected chi connectivity index (χ4v) is 3.33. The predicted molar refractivity (Wildman–Crippen MR) is 94.6 cm³/mol. The molecule has 0 bridgehead atoms. The molecule has 3 rings (SSSR count). The van der Waals surface area contributed by atoms with Crippen LogP contribution in [0.5, 0.6) is 0 Å². The molecule has 1 heterocycles. The minimum atomic E-state index is -0.202. The fraction of sp³-hybridized carbons (Fsp3) is 0.176. The van der Waals surface area contributed by atoms with Crippen LogP contribution in [0.4, 0.5) is 11.4 Å². The van der Waals surface area contributed by atoms with Gasteiger partial charge >= 0.3 is 0 Å². The third kappa shape index (κ3) is 2.57. The molecule has 0 saturated carbocycles. The van der Waals surface area contributed by atoms with Crippen molar-refractivity contribution in [2.45, 2.75) is 20.8 Å². The number of halogens is 2. The van der Waals surface area contributed by atoms with Gasteiger partial charge in [0.25, 0.3) is 5.91 Å². The summed E-state index contributed by atoms with van der Waals surface area (Å²) in [4.78, 5) is 16.8. The summed E-state index contributed by atoms with van der Waals surface area (Å²) in [6.07, 6.45) is 0. The molecule has 3 nitrogen and oxygen atoms in total. The van der Waals surface area contributed by atoms with Crippen molar-refractivity contribution in [3.63, 3.8) is 0 Å². The summed E-state index contributed by atoms with van der Waals surface area (Å²) in [7, 11) is 0. The van der Waals surface area contributed by atoms with Crippen LogP contribution in [-0.2, 0) is 4.79 Å². The Kier molecular flexibility index (Phi) is 3.83. The van der Waals surface area contributed by atoms with Crippen molar-refractivity contribution >= 4 is 50.5 Å². The van der Waals surface area contributed by atoms with Gasteiger partial charge in [-0.2, -0.15) is 0 Å². The topological polar surface area (TPSA) is 41.5 Å². The van der Waals surface area contributed by atoms with Crippen molar-refractivity contribution < 1.29 is 4.79 Å². The van der Waals surface area contributed by atoms with Crippen LogP contribution in [-0.4, -0.2) is 11.6 Å². The van der Waals surface area contributed by atoms with E-state index in [9.17, 15) is 4.79 Å². The van der Waals surface area contributed by atoms with E-state index in [4.69, 9.17) is 11.6 Å². The van der Waals surface area contributed by atoms with E-state index in [-0.39, 0.29) is 5.91 Å². The van der Waals surface area contributed by atoms with E-state index in [1.165, 1.54) is 0 Å². The first kappa shape index (κ1) is 15.3. The smallest absolute Gasteiger partial charge is 0.275 e. The van der Waals surface area contributed by atoms with Crippen LogP contribution >= 0.6 is 27.5 Å². The number of carbonyl (C=O) groups excluding carboxylic acids is 1. The van der Waals surface area contributed by atoms with Crippen molar-refractivity contribution in [3.8, 4) is 0 Å². The molecule has 0 aliphatic carbocycles. The Labute approximate surface area is 142 Å². The van der Waals surface area contributed by atoms with E-state index in [1.54, 1.807) is 0 Å². The van der Waals surface area contributed by atoms with Crippen molar-refractivity contribution in [1.82, 2.24) is 0 Å². The highest BCUT2D eigenvalue weighted by molar-refractivity contribution is 9.10. The second-order valence-corrected chi connectivity index (χ2v) is 6.71. The van der Waals surface area contributed by atoms with Gasteiger partial charge in [-0.05, 0) is 71.6 Å². The molecule has 0 radical (unpaired) electrons. The van der Waals surface area contributed by atoms with Gasteiger partial charge in [-0.15, -0.1) is 0 Å². The summed E-state index contributed by atoms with van der Waals surface area (Å²) in [5.74, 6) is -0.202. The zero-order valence-corrected chi connectivity index (χ0v) is 14.8. The van der Waals surface area contributed by atoms with Crippen LogP contribution in [0.1, 0.15) is 22.3 Å². The standard InChI is InChI=1S/C17H14BrClN2O/c1-8-4-9(2)6-11(5-8)20-16-12-7-13(18)14(19)10(3)15(12)21-17(16)22/h4-7H,1-3H3,(H,20,21,22). The average Bonchev–Trinajstić information content (AvgIpc) is 2.73. The molecule has 0 saturated heterocycles. The first-order valence-electron chi connectivity index (χ1n) is 6.84. The van der Waals surface area contributed by atoms with Gasteiger partial charge in [0.1, 0.15) is 5.71 Å². The third-order valence-corrected chi connectivity index (χ3v) is 4.95. The van der Waals surface area contributed by atoms with Crippen LogP contribution in [0, 0.1) is 20.8 Å². The van der Waals surface area contributed by atoms with Gasteiger partial charge < -0.3 is 5.32 Å². The molecular weight excluding hydrogens is 364 g/mol. The molecule has 0 unspecified atom stereocenters. The van der Waals surface area contributed by atoms with E-state index in [1.807, 2.05) is 39.0 Å². The zero-order valence-electron chi connectivity index (χ0n) is 12.4. The number of anilines is 1. The SMILES string of the molecule is Cc1cc(C)cc(N=C2C(=O)Nc3c2cc(Br)c(Cl)c3C)c1. The van der Waals surface area contributed by atoms with Gasteiger partial charge in [-0.25, -0.2) is 4.99 Å². The maximum Gasteiger partial charge on any atom is 0.275 e. The lowest BCUT2D eigenvalue weighted by Gasteiger charge is -2.07. The number of amides is 1. The number of aryl methyl sites for hydroxylation is 2. The van der Waals surface area contributed by atoms with Gasteiger partial charge in [0, 0.05) is 10.0 Å². The number of nitrogens with one attached hydrogen (secondary N) is 1. The van der Waals surface area contributed by atoms with Crippen LogP contribution in [0.2, 0.25) is 5.02 Å².